The zero-order valence-corrected chi connectivity index (χ0v) is 18.5. The van der Waals surface area contributed by atoms with Crippen molar-refractivity contribution >= 4 is 39.1 Å². The Hall–Kier alpha value is -3.51. The van der Waals surface area contributed by atoms with Gasteiger partial charge in [-0.1, -0.05) is 55.5 Å². The van der Waals surface area contributed by atoms with Gasteiger partial charge in [0.1, 0.15) is 5.00 Å². The van der Waals surface area contributed by atoms with Gasteiger partial charge in [-0.15, -0.1) is 11.3 Å². The van der Waals surface area contributed by atoms with Gasteiger partial charge in [0.05, 0.1) is 22.3 Å². The number of hydrogen-bond donors (Lipinski definition) is 2. The van der Waals surface area contributed by atoms with Crippen molar-refractivity contribution in [2.75, 3.05) is 5.32 Å². The van der Waals surface area contributed by atoms with Crippen molar-refractivity contribution < 1.29 is 9.59 Å². The highest BCUT2D eigenvalue weighted by atomic mass is 32.1. The Morgan fingerprint density at radius 3 is 2.62 bits per heavy atom. The maximum Gasteiger partial charge on any atom is 0.257 e. The molecule has 1 aliphatic rings. The first-order chi connectivity index (χ1) is 15.5. The number of benzene rings is 2. The van der Waals surface area contributed by atoms with E-state index in [0.29, 0.717) is 22.0 Å². The third-order valence-corrected chi connectivity index (χ3v) is 7.19. The standard InChI is InChI=1S/C26H23N3O2S/c1-15-11-12-18-22(13-15)32-26(23(18)24(27)30)29-25(31)19-14-21(16-7-3-2-4-8-16)28-20-10-6-5-9-17(19)20/h2-10,14-15H,11-13H2,1H3,(H2,27,30)(H,29,31). The van der Waals surface area contributed by atoms with E-state index in [2.05, 4.69) is 12.2 Å². The number of amides is 2. The number of nitrogens with zero attached hydrogens (tertiary/aromatic N) is 1. The maximum absolute atomic E-state index is 13.5. The van der Waals surface area contributed by atoms with Crippen LogP contribution in [0.3, 0.4) is 0 Å². The second kappa shape index (κ2) is 8.20. The minimum absolute atomic E-state index is 0.269. The van der Waals surface area contributed by atoms with Gasteiger partial charge in [-0.05, 0) is 42.9 Å². The van der Waals surface area contributed by atoms with Crippen LogP contribution < -0.4 is 11.1 Å². The quantitative estimate of drug-likeness (QED) is 0.442. The molecule has 0 bridgehead atoms. The van der Waals surface area contributed by atoms with Gasteiger partial charge in [0.2, 0.25) is 0 Å². The summed E-state index contributed by atoms with van der Waals surface area (Å²) in [6.45, 7) is 2.21. The van der Waals surface area contributed by atoms with E-state index in [0.717, 1.165) is 51.9 Å². The molecule has 160 valence electrons. The molecule has 2 aromatic heterocycles. The molecule has 0 saturated heterocycles. The molecule has 6 heteroatoms. The summed E-state index contributed by atoms with van der Waals surface area (Å²) in [4.78, 5) is 31.7. The fourth-order valence-electron chi connectivity index (χ4n) is 4.39. The number of para-hydroxylation sites is 1. The largest absolute Gasteiger partial charge is 0.365 e. The molecule has 5 rings (SSSR count). The number of nitrogens with one attached hydrogen (secondary N) is 1. The van der Waals surface area contributed by atoms with Gasteiger partial charge >= 0.3 is 0 Å². The average Bonchev–Trinajstić information content (AvgIpc) is 3.15. The first-order valence-corrected chi connectivity index (χ1v) is 11.5. The third-order valence-electron chi connectivity index (χ3n) is 6.02. The van der Waals surface area contributed by atoms with Gasteiger partial charge in [0.25, 0.3) is 11.8 Å². The lowest BCUT2D eigenvalue weighted by atomic mass is 9.88. The summed E-state index contributed by atoms with van der Waals surface area (Å²) in [6, 6.07) is 19.2. The minimum atomic E-state index is -0.489. The third kappa shape index (κ3) is 3.67. The smallest absolute Gasteiger partial charge is 0.257 e. The molecule has 0 fully saturated rings. The molecule has 2 heterocycles. The fourth-order valence-corrected chi connectivity index (χ4v) is 5.80. The number of pyridine rings is 1. The van der Waals surface area contributed by atoms with Crippen LogP contribution in [0.4, 0.5) is 5.00 Å². The molecule has 1 aliphatic carbocycles. The monoisotopic (exact) mass is 441 g/mol. The molecule has 5 nitrogen and oxygen atoms in total. The predicted molar refractivity (Wildman–Crippen MR) is 129 cm³/mol. The summed E-state index contributed by atoms with van der Waals surface area (Å²) in [5.74, 6) is -0.199. The van der Waals surface area contributed by atoms with E-state index < -0.39 is 5.91 Å². The Balaban J connectivity index is 1.58. The number of hydrogen-bond acceptors (Lipinski definition) is 4. The SMILES string of the molecule is CC1CCc2c(sc(NC(=O)c3cc(-c4ccccc4)nc4ccccc34)c2C(N)=O)C1. The van der Waals surface area contributed by atoms with Crippen LogP contribution in [0.5, 0.6) is 0 Å². The number of rotatable bonds is 4. The van der Waals surface area contributed by atoms with Crippen LogP contribution in [0, 0.1) is 5.92 Å². The highest BCUT2D eigenvalue weighted by Crippen LogP contribution is 2.40. The van der Waals surface area contributed by atoms with Gasteiger partial charge in [-0.2, -0.15) is 0 Å². The van der Waals surface area contributed by atoms with E-state index in [1.54, 1.807) is 0 Å². The molecule has 1 atom stereocenters. The maximum atomic E-state index is 13.5. The Morgan fingerprint density at radius 1 is 1.09 bits per heavy atom. The van der Waals surface area contributed by atoms with Crippen LogP contribution in [0.15, 0.2) is 60.7 Å². The Labute approximate surface area is 190 Å². The molecule has 2 aromatic carbocycles. The second-order valence-corrected chi connectivity index (χ2v) is 9.42. The summed E-state index contributed by atoms with van der Waals surface area (Å²) in [7, 11) is 0. The molecule has 0 spiro atoms. The van der Waals surface area contributed by atoms with E-state index >= 15 is 0 Å². The Morgan fingerprint density at radius 2 is 1.84 bits per heavy atom. The van der Waals surface area contributed by atoms with Crippen molar-refractivity contribution in [1.29, 1.82) is 0 Å². The van der Waals surface area contributed by atoms with Gasteiger partial charge < -0.3 is 11.1 Å². The van der Waals surface area contributed by atoms with Crippen molar-refractivity contribution in [2.45, 2.75) is 26.2 Å². The van der Waals surface area contributed by atoms with Gasteiger partial charge in [0.15, 0.2) is 0 Å². The fraction of sp³-hybridized carbons (Fsp3) is 0.192. The van der Waals surface area contributed by atoms with E-state index in [4.69, 9.17) is 10.7 Å². The first-order valence-electron chi connectivity index (χ1n) is 10.7. The highest BCUT2D eigenvalue weighted by molar-refractivity contribution is 7.17. The zero-order valence-electron chi connectivity index (χ0n) is 17.7. The van der Waals surface area contributed by atoms with Crippen molar-refractivity contribution in [3.05, 3.63) is 82.2 Å². The Bertz CT molecular complexity index is 1340. The predicted octanol–water partition coefficient (Wildman–Crippen LogP) is 5.44. The lowest BCUT2D eigenvalue weighted by molar-refractivity contribution is 0.1000. The number of thiophene rings is 1. The van der Waals surface area contributed by atoms with Crippen molar-refractivity contribution in [3.8, 4) is 11.3 Å². The normalized spacial score (nSPS) is 15.3. The molecule has 0 saturated carbocycles. The number of primary amides is 1. The number of nitrogens with two attached hydrogens (primary N) is 1. The van der Waals surface area contributed by atoms with E-state index in [9.17, 15) is 9.59 Å². The summed E-state index contributed by atoms with van der Waals surface area (Å²) < 4.78 is 0. The second-order valence-electron chi connectivity index (χ2n) is 8.31. The van der Waals surface area contributed by atoms with Crippen LogP contribution in [0.2, 0.25) is 0 Å². The average molecular weight is 442 g/mol. The summed E-state index contributed by atoms with van der Waals surface area (Å²) in [5, 5.41) is 4.31. The number of carbonyl (C=O) groups is 2. The molecular formula is C26H23N3O2S. The molecule has 0 radical (unpaired) electrons. The van der Waals surface area contributed by atoms with Crippen LogP contribution in [-0.2, 0) is 12.8 Å². The molecule has 0 aliphatic heterocycles. The summed E-state index contributed by atoms with van der Waals surface area (Å²) in [5.41, 5.74) is 10.1. The molecule has 2 amide bonds. The van der Waals surface area contributed by atoms with Crippen molar-refractivity contribution in [2.24, 2.45) is 11.7 Å². The number of fused-ring (bicyclic) bond motifs is 2. The summed E-state index contributed by atoms with van der Waals surface area (Å²) in [6.07, 6.45) is 2.75. The van der Waals surface area contributed by atoms with E-state index in [1.165, 1.54) is 11.3 Å². The molecule has 32 heavy (non-hydrogen) atoms. The molecule has 1 unspecified atom stereocenters. The first kappa shape index (κ1) is 20.4. The van der Waals surface area contributed by atoms with Crippen LogP contribution in [0.1, 0.15) is 44.5 Å². The highest BCUT2D eigenvalue weighted by Gasteiger charge is 2.27. The van der Waals surface area contributed by atoms with Crippen LogP contribution >= 0.6 is 11.3 Å². The van der Waals surface area contributed by atoms with Crippen LogP contribution in [0.25, 0.3) is 22.2 Å². The van der Waals surface area contributed by atoms with E-state index in [-0.39, 0.29) is 5.91 Å². The topological polar surface area (TPSA) is 85.1 Å². The number of aromatic nitrogens is 1. The van der Waals surface area contributed by atoms with E-state index in [1.807, 2.05) is 60.7 Å². The number of anilines is 1. The number of carbonyl (C=O) groups excluding carboxylic acids is 2. The van der Waals surface area contributed by atoms with Gasteiger partial charge in [-0.3, -0.25) is 9.59 Å². The molecule has 3 N–H and O–H groups in total. The minimum Gasteiger partial charge on any atom is -0.365 e. The van der Waals surface area contributed by atoms with Gasteiger partial charge in [0, 0.05) is 15.8 Å². The Kier molecular flexibility index (Phi) is 5.23. The summed E-state index contributed by atoms with van der Waals surface area (Å²) >= 11 is 1.47. The molecular weight excluding hydrogens is 418 g/mol. The van der Waals surface area contributed by atoms with Crippen molar-refractivity contribution in [1.82, 2.24) is 4.98 Å². The zero-order chi connectivity index (χ0) is 22.2. The van der Waals surface area contributed by atoms with Crippen molar-refractivity contribution in [3.63, 3.8) is 0 Å². The van der Waals surface area contributed by atoms with Gasteiger partial charge in [-0.25, -0.2) is 4.98 Å². The lowest BCUT2D eigenvalue weighted by Gasteiger charge is -2.18. The molecule has 4 aromatic rings. The lowest BCUT2D eigenvalue weighted by Crippen LogP contribution is -2.19. The van der Waals surface area contributed by atoms with Crippen LogP contribution in [-0.4, -0.2) is 16.8 Å².